The van der Waals surface area contributed by atoms with Gasteiger partial charge in [-0.1, -0.05) is 62.9 Å². The quantitative estimate of drug-likeness (QED) is 0.660. The molecule has 2 rings (SSSR count). The van der Waals surface area contributed by atoms with Gasteiger partial charge in [-0.25, -0.2) is 4.79 Å². The lowest BCUT2D eigenvalue weighted by Crippen LogP contribution is -2.32. The number of hydrogen-bond donors (Lipinski definition) is 1. The summed E-state index contributed by atoms with van der Waals surface area (Å²) in [5.41, 5.74) is 0.594. The van der Waals surface area contributed by atoms with Crippen molar-refractivity contribution in [1.29, 1.82) is 5.26 Å². The topological polar surface area (TPSA) is 70.3 Å². The Labute approximate surface area is 149 Å². The maximum absolute atomic E-state index is 11.6. The average Bonchev–Trinajstić information content (AvgIpc) is 2.65. The number of ether oxygens (including phenoxy) is 1. The van der Waals surface area contributed by atoms with Crippen LogP contribution in [0, 0.1) is 11.3 Å². The minimum Gasteiger partial charge on any atom is -0.478 e. The molecule has 0 radical (unpaired) electrons. The van der Waals surface area contributed by atoms with E-state index in [1.165, 1.54) is 25.3 Å². The highest BCUT2D eigenvalue weighted by molar-refractivity contribution is 6.00. The van der Waals surface area contributed by atoms with Gasteiger partial charge in [0.05, 0.1) is 5.57 Å². The van der Waals surface area contributed by atoms with Crippen LogP contribution < -0.4 is 0 Å². The van der Waals surface area contributed by atoms with E-state index in [-0.39, 0.29) is 12.0 Å². The molecule has 1 aromatic carbocycles. The van der Waals surface area contributed by atoms with Crippen molar-refractivity contribution in [3.05, 3.63) is 53.6 Å². The van der Waals surface area contributed by atoms with Crippen LogP contribution in [0.5, 0.6) is 0 Å². The summed E-state index contributed by atoms with van der Waals surface area (Å²) in [6, 6.07) is 11.6. The van der Waals surface area contributed by atoms with Crippen LogP contribution in [0.25, 0.3) is 5.57 Å². The van der Waals surface area contributed by atoms with Crippen LogP contribution in [0.15, 0.2) is 48.1 Å². The van der Waals surface area contributed by atoms with E-state index in [0.29, 0.717) is 12.2 Å². The van der Waals surface area contributed by atoms with Crippen molar-refractivity contribution in [1.82, 2.24) is 0 Å². The Balaban J connectivity index is 2.12. The standard InChI is InChI=1S/C21H25NO3/c1-2-3-4-5-9-14-25-21(16-22)13-12-18(20(23)24)19(15-21)17-10-7-6-8-11-17/h6-8,10-13H,2-5,9,14-15H2,1H3,(H,23,24). The molecule has 25 heavy (non-hydrogen) atoms. The van der Waals surface area contributed by atoms with Gasteiger partial charge in [-0.15, -0.1) is 0 Å². The molecule has 0 fully saturated rings. The Hall–Kier alpha value is -2.38. The van der Waals surface area contributed by atoms with E-state index in [1.54, 1.807) is 6.08 Å². The van der Waals surface area contributed by atoms with Crippen LogP contribution in [-0.2, 0) is 9.53 Å². The normalized spacial score (nSPS) is 19.7. The fraction of sp³-hybridized carbons (Fsp3) is 0.429. The predicted octanol–water partition coefficient (Wildman–Crippen LogP) is 4.73. The number of unbranched alkanes of at least 4 members (excludes halogenated alkanes) is 4. The SMILES string of the molecule is CCCCCCCOC1(C#N)C=CC(C(=O)O)=C(c2ccccc2)C1. The first kappa shape index (κ1) is 19.0. The number of carboxylic acid groups (broad SMARTS) is 1. The van der Waals surface area contributed by atoms with Crippen LogP contribution in [-0.4, -0.2) is 23.3 Å². The predicted molar refractivity (Wildman–Crippen MR) is 97.8 cm³/mol. The van der Waals surface area contributed by atoms with Gasteiger partial charge in [-0.3, -0.25) is 0 Å². The van der Waals surface area contributed by atoms with Gasteiger partial charge in [-0.05, 0) is 29.7 Å². The Morgan fingerprint density at radius 2 is 1.96 bits per heavy atom. The van der Waals surface area contributed by atoms with E-state index in [4.69, 9.17) is 4.74 Å². The lowest BCUT2D eigenvalue weighted by molar-refractivity contribution is -0.132. The van der Waals surface area contributed by atoms with Gasteiger partial charge in [0.15, 0.2) is 5.60 Å². The number of rotatable bonds is 9. The van der Waals surface area contributed by atoms with E-state index in [2.05, 4.69) is 13.0 Å². The van der Waals surface area contributed by atoms with Crippen LogP contribution in [0.3, 0.4) is 0 Å². The Morgan fingerprint density at radius 3 is 2.60 bits per heavy atom. The number of hydrogen-bond acceptors (Lipinski definition) is 3. The lowest BCUT2D eigenvalue weighted by atomic mass is 9.83. The van der Waals surface area contributed by atoms with Crippen molar-refractivity contribution in [2.45, 2.75) is 51.0 Å². The Bertz CT molecular complexity index is 685. The number of nitriles is 1. The highest BCUT2D eigenvalue weighted by atomic mass is 16.5. The molecule has 0 heterocycles. The average molecular weight is 339 g/mol. The first-order valence-electron chi connectivity index (χ1n) is 8.88. The molecule has 1 aliphatic carbocycles. The third-order valence-corrected chi connectivity index (χ3v) is 4.43. The first-order chi connectivity index (χ1) is 12.1. The van der Waals surface area contributed by atoms with E-state index in [0.717, 1.165) is 18.4 Å². The van der Waals surface area contributed by atoms with E-state index in [9.17, 15) is 15.2 Å². The summed E-state index contributed by atoms with van der Waals surface area (Å²) in [7, 11) is 0. The number of carboxylic acids is 1. The van der Waals surface area contributed by atoms with Crippen LogP contribution in [0.2, 0.25) is 0 Å². The van der Waals surface area contributed by atoms with Crippen molar-refractivity contribution < 1.29 is 14.6 Å². The van der Waals surface area contributed by atoms with Crippen LogP contribution in [0.1, 0.15) is 51.0 Å². The van der Waals surface area contributed by atoms with Gasteiger partial charge in [0.25, 0.3) is 0 Å². The first-order valence-corrected chi connectivity index (χ1v) is 8.88. The molecule has 0 amide bonds. The highest BCUT2D eigenvalue weighted by Crippen LogP contribution is 2.36. The summed E-state index contributed by atoms with van der Waals surface area (Å²) in [4.78, 5) is 11.6. The Kier molecular flexibility index (Phi) is 6.97. The number of carbonyl (C=O) groups is 1. The second-order valence-electron chi connectivity index (χ2n) is 6.34. The maximum Gasteiger partial charge on any atom is 0.335 e. The van der Waals surface area contributed by atoms with Crippen molar-refractivity contribution in [3.63, 3.8) is 0 Å². The molecule has 0 aliphatic heterocycles. The molecule has 1 N–H and O–H groups in total. The van der Waals surface area contributed by atoms with E-state index >= 15 is 0 Å². The largest absolute Gasteiger partial charge is 0.478 e. The second kappa shape index (κ2) is 9.19. The zero-order valence-electron chi connectivity index (χ0n) is 14.7. The molecule has 132 valence electrons. The molecule has 1 aliphatic rings. The molecular formula is C21H25NO3. The van der Waals surface area contributed by atoms with Crippen molar-refractivity contribution >= 4 is 11.5 Å². The second-order valence-corrected chi connectivity index (χ2v) is 6.34. The molecule has 4 nitrogen and oxygen atoms in total. The van der Waals surface area contributed by atoms with Gasteiger partial charge >= 0.3 is 5.97 Å². The summed E-state index contributed by atoms with van der Waals surface area (Å²) in [6.45, 7) is 2.68. The minimum absolute atomic E-state index is 0.226. The van der Waals surface area contributed by atoms with Gasteiger partial charge in [0.1, 0.15) is 6.07 Å². The molecule has 1 atom stereocenters. The van der Waals surface area contributed by atoms with E-state index < -0.39 is 11.6 Å². The number of benzene rings is 1. The minimum atomic E-state index is -1.09. The van der Waals surface area contributed by atoms with E-state index in [1.807, 2.05) is 30.3 Å². The summed E-state index contributed by atoms with van der Waals surface area (Å²) >= 11 is 0. The summed E-state index contributed by atoms with van der Waals surface area (Å²) in [6.07, 6.45) is 8.92. The smallest absolute Gasteiger partial charge is 0.335 e. The molecule has 0 saturated carbocycles. The third kappa shape index (κ3) is 5.04. The van der Waals surface area contributed by atoms with Crippen LogP contribution >= 0.6 is 0 Å². The third-order valence-electron chi connectivity index (χ3n) is 4.43. The van der Waals surface area contributed by atoms with Crippen LogP contribution in [0.4, 0.5) is 0 Å². The van der Waals surface area contributed by atoms with Gasteiger partial charge in [0, 0.05) is 13.0 Å². The number of nitrogens with zero attached hydrogens (tertiary/aromatic N) is 1. The maximum atomic E-state index is 11.6. The molecule has 0 bridgehead atoms. The van der Waals surface area contributed by atoms with Crippen molar-refractivity contribution in [2.24, 2.45) is 0 Å². The van der Waals surface area contributed by atoms with Crippen molar-refractivity contribution in [2.75, 3.05) is 6.61 Å². The molecular weight excluding hydrogens is 314 g/mol. The molecule has 1 unspecified atom stereocenters. The van der Waals surface area contributed by atoms with Gasteiger partial charge < -0.3 is 9.84 Å². The molecule has 0 saturated heterocycles. The molecule has 4 heteroatoms. The highest BCUT2D eigenvalue weighted by Gasteiger charge is 2.35. The zero-order chi connectivity index (χ0) is 18.1. The Morgan fingerprint density at radius 1 is 1.24 bits per heavy atom. The van der Waals surface area contributed by atoms with Gasteiger partial charge in [-0.2, -0.15) is 5.26 Å². The molecule has 0 aromatic heterocycles. The fourth-order valence-electron chi connectivity index (χ4n) is 3.00. The molecule has 0 spiro atoms. The molecule has 1 aromatic rings. The lowest BCUT2D eigenvalue weighted by Gasteiger charge is -2.29. The number of aliphatic carboxylic acids is 1. The summed E-state index contributed by atoms with van der Waals surface area (Å²) in [5, 5.41) is 19.2. The summed E-state index contributed by atoms with van der Waals surface area (Å²) < 4.78 is 5.90. The van der Waals surface area contributed by atoms with Crippen molar-refractivity contribution in [3.8, 4) is 6.07 Å². The fourth-order valence-corrected chi connectivity index (χ4v) is 3.00. The monoisotopic (exact) mass is 339 g/mol. The summed E-state index contributed by atoms with van der Waals surface area (Å²) in [5.74, 6) is -0.985. The van der Waals surface area contributed by atoms with Gasteiger partial charge in [0.2, 0.25) is 0 Å². The zero-order valence-corrected chi connectivity index (χ0v) is 14.7.